The zero-order valence-corrected chi connectivity index (χ0v) is 19.3. The summed E-state index contributed by atoms with van der Waals surface area (Å²) in [7, 11) is 0. The minimum Gasteiger partial charge on any atom is -0.436 e. The molecule has 33 heavy (non-hydrogen) atoms. The fourth-order valence-electron chi connectivity index (χ4n) is 3.93. The quantitative estimate of drug-likeness (QED) is 0.272. The number of carbonyl (C=O) groups is 1. The number of aromatic nitrogens is 1. The van der Waals surface area contributed by atoms with Gasteiger partial charge in [0.15, 0.2) is 5.58 Å². The van der Waals surface area contributed by atoms with Gasteiger partial charge in [0.2, 0.25) is 5.89 Å². The number of nitrogens with zero attached hydrogens (tertiary/aromatic N) is 1. The number of hydrogen-bond donors (Lipinski definition) is 1. The van der Waals surface area contributed by atoms with Crippen LogP contribution in [0, 0.1) is 0 Å². The third-order valence-electron chi connectivity index (χ3n) is 5.49. The summed E-state index contributed by atoms with van der Waals surface area (Å²) in [5, 5.41) is 6.84. The molecule has 0 radical (unpaired) electrons. The van der Waals surface area contributed by atoms with Crippen molar-refractivity contribution in [2.45, 2.75) is 0 Å². The van der Waals surface area contributed by atoms with Crippen LogP contribution in [0.4, 0.5) is 5.69 Å². The van der Waals surface area contributed by atoms with Crippen molar-refractivity contribution in [3.63, 3.8) is 0 Å². The summed E-state index contributed by atoms with van der Waals surface area (Å²) in [6.45, 7) is 0. The van der Waals surface area contributed by atoms with Crippen LogP contribution in [0.25, 0.3) is 43.4 Å². The Bertz CT molecular complexity index is 1700. The summed E-state index contributed by atoms with van der Waals surface area (Å²) >= 11 is 14.2. The van der Waals surface area contributed by atoms with Gasteiger partial charge in [0, 0.05) is 31.7 Å². The van der Waals surface area contributed by atoms with Crippen LogP contribution in [0.5, 0.6) is 0 Å². The highest BCUT2D eigenvalue weighted by molar-refractivity contribution is 7.21. The van der Waals surface area contributed by atoms with Gasteiger partial charge >= 0.3 is 0 Å². The fraction of sp³-hybridized carbons (Fsp3) is 0. The summed E-state index contributed by atoms with van der Waals surface area (Å²) in [6.07, 6.45) is 0. The lowest BCUT2D eigenvalue weighted by Gasteiger charge is -2.04. The maximum atomic E-state index is 12.9. The Labute approximate surface area is 202 Å². The molecule has 160 valence electrons. The molecule has 2 heterocycles. The van der Waals surface area contributed by atoms with E-state index in [2.05, 4.69) is 10.3 Å². The number of halogens is 2. The van der Waals surface area contributed by atoms with Gasteiger partial charge in [0.1, 0.15) is 10.4 Å². The summed E-state index contributed by atoms with van der Waals surface area (Å²) in [5.74, 6) is 0.238. The molecule has 4 nitrogen and oxygen atoms in total. The molecule has 1 N–H and O–H groups in total. The lowest BCUT2D eigenvalue weighted by Crippen LogP contribution is -2.10. The number of benzene rings is 4. The predicted octanol–water partition coefficient (Wildman–Crippen LogP) is 8.42. The lowest BCUT2D eigenvalue weighted by atomic mass is 10.0. The predicted molar refractivity (Wildman–Crippen MR) is 137 cm³/mol. The Morgan fingerprint density at radius 3 is 2.55 bits per heavy atom. The molecule has 0 aliphatic heterocycles. The zero-order chi connectivity index (χ0) is 22.5. The number of hydrogen-bond acceptors (Lipinski definition) is 4. The maximum Gasteiger partial charge on any atom is 0.267 e. The van der Waals surface area contributed by atoms with E-state index in [0.29, 0.717) is 37.6 Å². The van der Waals surface area contributed by atoms with Crippen molar-refractivity contribution in [2.75, 3.05) is 5.32 Å². The van der Waals surface area contributed by atoms with Gasteiger partial charge in [-0.1, -0.05) is 65.7 Å². The van der Waals surface area contributed by atoms with Crippen LogP contribution < -0.4 is 5.32 Å². The first-order valence-electron chi connectivity index (χ1n) is 10.1. The van der Waals surface area contributed by atoms with E-state index in [0.717, 1.165) is 26.4 Å². The van der Waals surface area contributed by atoms with Crippen molar-refractivity contribution in [1.29, 1.82) is 0 Å². The minimum absolute atomic E-state index is 0.257. The number of nitrogens with one attached hydrogen (secondary N) is 1. The van der Waals surface area contributed by atoms with Gasteiger partial charge in [-0.25, -0.2) is 4.98 Å². The average molecular weight is 489 g/mol. The molecular weight excluding hydrogens is 475 g/mol. The molecule has 0 spiro atoms. The van der Waals surface area contributed by atoms with Crippen molar-refractivity contribution in [1.82, 2.24) is 4.98 Å². The molecule has 0 saturated carbocycles. The SMILES string of the molecule is O=C(Nc1ccc2oc(-c3cccc4c(Cl)cccc34)nc2c1)c1sc2ccccc2c1Cl. The highest BCUT2D eigenvalue weighted by atomic mass is 35.5. The second-order valence-electron chi connectivity index (χ2n) is 7.54. The number of oxazole rings is 1. The van der Waals surface area contributed by atoms with Gasteiger partial charge in [-0.2, -0.15) is 0 Å². The van der Waals surface area contributed by atoms with Gasteiger partial charge in [0.05, 0.1) is 5.02 Å². The van der Waals surface area contributed by atoms with E-state index in [1.165, 1.54) is 11.3 Å². The second kappa shape index (κ2) is 7.89. The number of amides is 1. The van der Waals surface area contributed by atoms with Gasteiger partial charge in [-0.3, -0.25) is 4.79 Å². The topological polar surface area (TPSA) is 55.1 Å². The molecular formula is C26H14Cl2N2O2S. The Morgan fingerprint density at radius 1 is 0.879 bits per heavy atom. The van der Waals surface area contributed by atoms with Crippen LogP contribution in [-0.2, 0) is 0 Å². The van der Waals surface area contributed by atoms with Crippen LogP contribution >= 0.6 is 34.5 Å². The van der Waals surface area contributed by atoms with E-state index in [1.807, 2.05) is 60.7 Å². The van der Waals surface area contributed by atoms with Crippen molar-refractivity contribution in [2.24, 2.45) is 0 Å². The Kier molecular flexibility index (Phi) is 4.84. The van der Waals surface area contributed by atoms with Gasteiger partial charge in [-0.15, -0.1) is 11.3 Å². The van der Waals surface area contributed by atoms with Crippen molar-refractivity contribution < 1.29 is 9.21 Å². The highest BCUT2D eigenvalue weighted by Gasteiger charge is 2.18. The van der Waals surface area contributed by atoms with E-state index in [4.69, 9.17) is 27.6 Å². The summed E-state index contributed by atoms with van der Waals surface area (Å²) in [5.41, 5.74) is 2.74. The smallest absolute Gasteiger partial charge is 0.267 e. The van der Waals surface area contributed by atoms with Crippen molar-refractivity contribution in [3.05, 3.63) is 93.8 Å². The molecule has 6 aromatic rings. The van der Waals surface area contributed by atoms with Crippen molar-refractivity contribution in [3.8, 4) is 11.5 Å². The summed E-state index contributed by atoms with van der Waals surface area (Å²) < 4.78 is 6.99. The molecule has 4 aromatic carbocycles. The maximum absolute atomic E-state index is 12.9. The molecule has 1 amide bonds. The number of rotatable bonds is 3. The normalized spacial score (nSPS) is 11.5. The molecule has 0 aliphatic rings. The average Bonchev–Trinajstić information content (AvgIpc) is 3.40. The fourth-order valence-corrected chi connectivity index (χ4v) is 5.58. The van der Waals surface area contributed by atoms with E-state index >= 15 is 0 Å². The molecule has 2 aromatic heterocycles. The monoisotopic (exact) mass is 488 g/mol. The number of fused-ring (bicyclic) bond motifs is 3. The first kappa shape index (κ1) is 20.2. The summed E-state index contributed by atoms with van der Waals surface area (Å²) in [4.78, 5) is 18.1. The number of thiophene rings is 1. The zero-order valence-electron chi connectivity index (χ0n) is 16.9. The molecule has 0 bridgehead atoms. The number of carbonyl (C=O) groups excluding carboxylic acids is 1. The highest BCUT2D eigenvalue weighted by Crippen LogP contribution is 2.36. The first-order chi connectivity index (χ1) is 16.1. The summed E-state index contributed by atoms with van der Waals surface area (Å²) in [6, 6.07) is 24.7. The van der Waals surface area contributed by atoms with Gasteiger partial charge in [0.25, 0.3) is 5.91 Å². The molecule has 0 atom stereocenters. The minimum atomic E-state index is -0.257. The van der Waals surface area contributed by atoms with Gasteiger partial charge in [-0.05, 0) is 41.8 Å². The van der Waals surface area contributed by atoms with E-state index in [-0.39, 0.29) is 5.91 Å². The third kappa shape index (κ3) is 3.45. The first-order valence-corrected chi connectivity index (χ1v) is 11.7. The van der Waals surface area contributed by atoms with Crippen LogP contribution in [0.15, 0.2) is 83.3 Å². The van der Waals surface area contributed by atoms with Gasteiger partial charge < -0.3 is 9.73 Å². The van der Waals surface area contributed by atoms with Crippen LogP contribution in [0.1, 0.15) is 9.67 Å². The lowest BCUT2D eigenvalue weighted by molar-refractivity contribution is 0.103. The number of anilines is 1. The van der Waals surface area contributed by atoms with E-state index in [9.17, 15) is 4.79 Å². The largest absolute Gasteiger partial charge is 0.436 e. The molecule has 0 aliphatic carbocycles. The second-order valence-corrected chi connectivity index (χ2v) is 9.37. The Morgan fingerprint density at radius 2 is 1.67 bits per heavy atom. The van der Waals surface area contributed by atoms with Crippen molar-refractivity contribution >= 4 is 78.1 Å². The van der Waals surface area contributed by atoms with E-state index in [1.54, 1.807) is 18.2 Å². The van der Waals surface area contributed by atoms with E-state index < -0.39 is 0 Å². The molecule has 0 fully saturated rings. The molecule has 7 heteroatoms. The third-order valence-corrected chi connectivity index (χ3v) is 7.49. The molecule has 6 rings (SSSR count). The van der Waals surface area contributed by atoms with Crippen LogP contribution in [-0.4, -0.2) is 10.9 Å². The Hall–Kier alpha value is -3.38. The van der Waals surface area contributed by atoms with Crippen LogP contribution in [0.2, 0.25) is 10.0 Å². The molecule has 0 unspecified atom stereocenters. The van der Waals surface area contributed by atoms with Crippen LogP contribution in [0.3, 0.4) is 0 Å². The Balaban J connectivity index is 1.35. The molecule has 0 saturated heterocycles. The standard InChI is InChI=1S/C26H14Cl2N2O2S/c27-19-9-4-6-15-16(19)7-3-8-17(15)26-30-20-13-14(11-12-21(20)32-26)29-25(31)24-23(28)18-5-1-2-10-22(18)33-24/h1-13H,(H,29,31).